The molecule has 0 aliphatic carbocycles. The van der Waals surface area contributed by atoms with Crippen LogP contribution in [0.4, 0.5) is 5.82 Å². The third-order valence-corrected chi connectivity index (χ3v) is 2.53. The van der Waals surface area contributed by atoms with E-state index in [0.29, 0.717) is 6.61 Å². The van der Waals surface area contributed by atoms with Gasteiger partial charge < -0.3 is 14.8 Å². The Bertz CT molecular complexity index is 443. The minimum atomic E-state index is -0.674. The van der Waals surface area contributed by atoms with E-state index in [-0.39, 0.29) is 27.9 Å². The van der Waals surface area contributed by atoms with E-state index >= 15 is 0 Å². The first kappa shape index (κ1) is 14.9. The molecule has 0 aliphatic rings. The number of carbonyl (C=O) groups is 1. The first-order valence-corrected chi connectivity index (χ1v) is 5.82. The molecule has 1 aromatic rings. The molecule has 0 aromatic carbocycles. The quantitative estimate of drug-likeness (QED) is 0.661. The van der Waals surface area contributed by atoms with Crippen LogP contribution in [-0.2, 0) is 9.47 Å². The predicted octanol–water partition coefficient (Wildman–Crippen LogP) is 2.02. The van der Waals surface area contributed by atoms with Crippen molar-refractivity contribution in [2.24, 2.45) is 0 Å². The number of aromatic nitrogens is 2. The lowest BCUT2D eigenvalue weighted by molar-refractivity contribution is 0.0594. The Morgan fingerprint density at radius 1 is 1.39 bits per heavy atom. The van der Waals surface area contributed by atoms with Crippen molar-refractivity contribution in [3.8, 4) is 0 Å². The van der Waals surface area contributed by atoms with Crippen LogP contribution in [0, 0.1) is 0 Å². The molecule has 0 aliphatic heterocycles. The maximum atomic E-state index is 11.4. The fraction of sp³-hybridized carbons (Fsp3) is 0.500. The zero-order valence-electron chi connectivity index (χ0n) is 10.2. The molecule has 0 spiro atoms. The Labute approximate surface area is 115 Å². The molecule has 0 fully saturated rings. The number of halogens is 2. The number of hydrogen-bond donors (Lipinski definition) is 1. The van der Waals surface area contributed by atoms with Gasteiger partial charge in [-0.25, -0.2) is 9.78 Å². The average Bonchev–Trinajstić information content (AvgIpc) is 2.32. The number of anilines is 1. The van der Waals surface area contributed by atoms with Gasteiger partial charge >= 0.3 is 5.97 Å². The number of nitrogens with zero attached hydrogens (tertiary/aromatic N) is 2. The zero-order chi connectivity index (χ0) is 13.7. The molecular weight excluding hydrogens is 281 g/mol. The maximum Gasteiger partial charge on any atom is 0.358 e. The number of ether oxygens (including phenoxy) is 2. The van der Waals surface area contributed by atoms with Gasteiger partial charge in [-0.15, -0.1) is 0 Å². The van der Waals surface area contributed by atoms with E-state index in [0.717, 1.165) is 0 Å². The van der Waals surface area contributed by atoms with E-state index in [9.17, 15) is 4.79 Å². The lowest BCUT2D eigenvalue weighted by atomic mass is 10.3. The lowest BCUT2D eigenvalue weighted by Gasteiger charge is -2.15. The van der Waals surface area contributed by atoms with Crippen molar-refractivity contribution in [1.82, 2.24) is 9.97 Å². The molecular formula is C10H13Cl2N3O3. The molecule has 0 amide bonds. The molecule has 0 unspecified atom stereocenters. The van der Waals surface area contributed by atoms with Gasteiger partial charge in [0.1, 0.15) is 5.02 Å². The van der Waals surface area contributed by atoms with Gasteiger partial charge in [-0.3, -0.25) is 0 Å². The first-order valence-electron chi connectivity index (χ1n) is 5.06. The molecule has 1 rings (SSSR count). The summed E-state index contributed by atoms with van der Waals surface area (Å²) in [6.45, 7) is 2.32. The summed E-state index contributed by atoms with van der Waals surface area (Å²) in [7, 11) is 2.81. The van der Waals surface area contributed by atoms with E-state index in [1.54, 1.807) is 7.11 Å². The maximum absolute atomic E-state index is 11.4. The normalized spacial score (nSPS) is 12.1. The fourth-order valence-corrected chi connectivity index (χ4v) is 1.66. The van der Waals surface area contributed by atoms with Crippen molar-refractivity contribution < 1.29 is 14.3 Å². The molecule has 1 N–H and O–H groups in total. The summed E-state index contributed by atoms with van der Waals surface area (Å²) in [5.74, 6) is -0.409. The van der Waals surface area contributed by atoms with Crippen LogP contribution >= 0.6 is 23.2 Å². The van der Waals surface area contributed by atoms with Gasteiger partial charge in [0.05, 0.1) is 13.7 Å². The van der Waals surface area contributed by atoms with Crippen LogP contribution in [0.15, 0.2) is 0 Å². The predicted molar refractivity (Wildman–Crippen MR) is 68.4 cm³/mol. The number of hydrogen-bond acceptors (Lipinski definition) is 6. The highest BCUT2D eigenvalue weighted by molar-refractivity contribution is 6.36. The Kier molecular flexibility index (Phi) is 5.58. The van der Waals surface area contributed by atoms with Crippen LogP contribution in [0.1, 0.15) is 17.4 Å². The Morgan fingerprint density at radius 3 is 2.61 bits per heavy atom. The van der Waals surface area contributed by atoms with Crippen LogP contribution in [0.5, 0.6) is 0 Å². The van der Waals surface area contributed by atoms with Gasteiger partial charge in [-0.1, -0.05) is 11.6 Å². The van der Waals surface area contributed by atoms with Crippen molar-refractivity contribution in [3.05, 3.63) is 16.0 Å². The number of nitrogens with one attached hydrogen (secondary N) is 1. The van der Waals surface area contributed by atoms with Crippen molar-refractivity contribution in [1.29, 1.82) is 0 Å². The number of carbonyl (C=O) groups excluding carboxylic acids is 1. The van der Waals surface area contributed by atoms with Gasteiger partial charge in [0.15, 0.2) is 11.5 Å². The molecule has 0 saturated heterocycles. The van der Waals surface area contributed by atoms with Gasteiger partial charge in [-0.05, 0) is 18.5 Å². The van der Waals surface area contributed by atoms with E-state index in [1.807, 2.05) is 6.92 Å². The van der Waals surface area contributed by atoms with Crippen LogP contribution in [-0.4, -0.2) is 42.8 Å². The monoisotopic (exact) mass is 293 g/mol. The van der Waals surface area contributed by atoms with Gasteiger partial charge in [0.2, 0.25) is 5.28 Å². The van der Waals surface area contributed by atoms with E-state index in [1.165, 1.54) is 7.11 Å². The van der Waals surface area contributed by atoms with E-state index < -0.39 is 5.97 Å². The average molecular weight is 294 g/mol. The number of rotatable bonds is 5. The molecule has 0 saturated carbocycles. The molecule has 0 radical (unpaired) electrons. The summed E-state index contributed by atoms with van der Waals surface area (Å²) in [4.78, 5) is 19.1. The summed E-state index contributed by atoms with van der Waals surface area (Å²) in [6.07, 6.45) is 0. The topological polar surface area (TPSA) is 73.3 Å². The summed E-state index contributed by atoms with van der Waals surface area (Å²) >= 11 is 11.7. The molecule has 1 aromatic heterocycles. The second kappa shape index (κ2) is 6.72. The van der Waals surface area contributed by atoms with Gasteiger partial charge in [0.25, 0.3) is 0 Å². The number of esters is 1. The van der Waals surface area contributed by atoms with Crippen LogP contribution in [0.25, 0.3) is 0 Å². The van der Waals surface area contributed by atoms with Crippen molar-refractivity contribution >= 4 is 35.0 Å². The SMILES string of the molecule is COC[C@@H](C)Nc1nc(Cl)nc(C(=O)OC)c1Cl. The molecule has 1 heterocycles. The Morgan fingerprint density at radius 2 is 2.06 bits per heavy atom. The third kappa shape index (κ3) is 3.69. The minimum absolute atomic E-state index is 0.0519. The smallest absolute Gasteiger partial charge is 0.358 e. The third-order valence-electron chi connectivity index (χ3n) is 2.00. The molecule has 100 valence electrons. The van der Waals surface area contributed by atoms with Gasteiger partial charge in [-0.2, -0.15) is 4.98 Å². The molecule has 8 heteroatoms. The van der Waals surface area contributed by atoms with Crippen molar-refractivity contribution in [3.63, 3.8) is 0 Å². The first-order chi connectivity index (χ1) is 8.49. The molecule has 1 atom stereocenters. The minimum Gasteiger partial charge on any atom is -0.464 e. The lowest BCUT2D eigenvalue weighted by Crippen LogP contribution is -2.22. The Balaban J connectivity index is 3.05. The molecule has 0 bridgehead atoms. The van der Waals surface area contributed by atoms with Crippen molar-refractivity contribution in [2.75, 3.05) is 26.1 Å². The fourth-order valence-electron chi connectivity index (χ4n) is 1.27. The highest BCUT2D eigenvalue weighted by Gasteiger charge is 2.19. The largest absolute Gasteiger partial charge is 0.464 e. The van der Waals surface area contributed by atoms with Crippen LogP contribution in [0.2, 0.25) is 10.3 Å². The number of methoxy groups -OCH3 is 2. The molecule has 6 nitrogen and oxygen atoms in total. The highest BCUT2D eigenvalue weighted by atomic mass is 35.5. The second-order valence-corrected chi connectivity index (χ2v) is 4.21. The summed E-state index contributed by atoms with van der Waals surface area (Å²) in [6, 6.07) is -0.0519. The summed E-state index contributed by atoms with van der Waals surface area (Å²) in [5, 5.41) is 2.94. The standard InChI is InChI=1S/C10H13Cl2N3O3/c1-5(4-17-2)13-8-6(11)7(9(16)18-3)14-10(12)15-8/h5H,4H2,1-3H3,(H,13,14,15)/t5-/m1/s1. The summed E-state index contributed by atoms with van der Waals surface area (Å²) in [5.41, 5.74) is -0.0775. The summed E-state index contributed by atoms with van der Waals surface area (Å²) < 4.78 is 9.53. The molecule has 18 heavy (non-hydrogen) atoms. The van der Waals surface area contributed by atoms with Crippen molar-refractivity contribution in [2.45, 2.75) is 13.0 Å². The van der Waals surface area contributed by atoms with E-state index in [4.69, 9.17) is 27.9 Å². The van der Waals surface area contributed by atoms with Gasteiger partial charge in [0, 0.05) is 13.2 Å². The Hall–Kier alpha value is -1.11. The van der Waals surface area contributed by atoms with Crippen LogP contribution in [0.3, 0.4) is 0 Å². The van der Waals surface area contributed by atoms with Crippen LogP contribution < -0.4 is 5.32 Å². The second-order valence-electron chi connectivity index (χ2n) is 3.50. The zero-order valence-corrected chi connectivity index (χ0v) is 11.7. The highest BCUT2D eigenvalue weighted by Crippen LogP contribution is 2.25. The van der Waals surface area contributed by atoms with E-state index in [2.05, 4.69) is 20.0 Å².